The third-order valence-corrected chi connectivity index (χ3v) is 6.70. The number of sulfonamides is 1. The summed E-state index contributed by atoms with van der Waals surface area (Å²) in [6.45, 7) is 3.62. The normalized spacial score (nSPS) is 14.3. The summed E-state index contributed by atoms with van der Waals surface area (Å²) in [5, 5.41) is 1.77. The van der Waals surface area contributed by atoms with Crippen molar-refractivity contribution in [2.75, 3.05) is 19.8 Å². The van der Waals surface area contributed by atoms with E-state index in [1.54, 1.807) is 17.5 Å². The van der Waals surface area contributed by atoms with E-state index in [-0.39, 0.29) is 0 Å². The molecular weight excluding hydrogens is 322 g/mol. The summed E-state index contributed by atoms with van der Waals surface area (Å²) in [4.78, 5) is 0. The summed E-state index contributed by atoms with van der Waals surface area (Å²) >= 11 is 1.23. The van der Waals surface area contributed by atoms with Crippen LogP contribution in [-0.2, 0) is 16.6 Å². The van der Waals surface area contributed by atoms with Gasteiger partial charge in [-0.3, -0.25) is 0 Å². The van der Waals surface area contributed by atoms with Crippen LogP contribution in [0.5, 0.6) is 11.5 Å². The lowest BCUT2D eigenvalue weighted by atomic mass is 10.2. The Morgan fingerprint density at radius 3 is 2.64 bits per heavy atom. The lowest BCUT2D eigenvalue weighted by Crippen LogP contribution is -2.30. The van der Waals surface area contributed by atoms with Gasteiger partial charge in [0.25, 0.3) is 10.0 Å². The Morgan fingerprint density at radius 1 is 1.18 bits per heavy atom. The zero-order chi connectivity index (χ0) is 15.6. The number of thiophene rings is 1. The van der Waals surface area contributed by atoms with Gasteiger partial charge in [-0.25, -0.2) is 8.42 Å². The number of ether oxygens (including phenoxy) is 2. The SMILES string of the molecule is CCN(Cc1ccc2c(c1)OCCO2)S(=O)(=O)c1cccs1. The Kier molecular flexibility index (Phi) is 4.37. The standard InChI is InChI=1S/C15H17NO4S2/c1-2-16(22(17,18)15-4-3-9-21-15)11-12-5-6-13-14(10-12)20-8-7-19-13/h3-6,9-10H,2,7-8,11H2,1H3. The van der Waals surface area contributed by atoms with Crippen molar-refractivity contribution < 1.29 is 17.9 Å². The number of rotatable bonds is 5. The molecule has 0 unspecified atom stereocenters. The van der Waals surface area contributed by atoms with Crippen LogP contribution >= 0.6 is 11.3 Å². The van der Waals surface area contributed by atoms with Crippen LogP contribution in [0, 0.1) is 0 Å². The van der Waals surface area contributed by atoms with Gasteiger partial charge < -0.3 is 9.47 Å². The fourth-order valence-corrected chi connectivity index (χ4v) is 4.88. The first kappa shape index (κ1) is 15.3. The van der Waals surface area contributed by atoms with Gasteiger partial charge >= 0.3 is 0 Å². The average Bonchev–Trinajstić information content (AvgIpc) is 3.07. The quantitative estimate of drug-likeness (QED) is 0.840. The van der Waals surface area contributed by atoms with Crippen molar-refractivity contribution in [3.63, 3.8) is 0 Å². The molecule has 118 valence electrons. The predicted molar refractivity (Wildman–Crippen MR) is 85.0 cm³/mol. The molecule has 2 aromatic rings. The van der Waals surface area contributed by atoms with Gasteiger partial charge in [0.15, 0.2) is 11.5 Å². The van der Waals surface area contributed by atoms with Crippen LogP contribution in [0.4, 0.5) is 0 Å². The second kappa shape index (κ2) is 6.28. The number of fused-ring (bicyclic) bond motifs is 1. The fraction of sp³-hybridized carbons (Fsp3) is 0.333. The Balaban J connectivity index is 1.84. The largest absolute Gasteiger partial charge is 0.486 e. The van der Waals surface area contributed by atoms with Gasteiger partial charge in [-0.1, -0.05) is 19.1 Å². The molecule has 2 heterocycles. The van der Waals surface area contributed by atoms with Crippen molar-refractivity contribution in [3.8, 4) is 11.5 Å². The third-order valence-electron chi connectivity index (χ3n) is 3.41. The molecule has 0 fully saturated rings. The smallest absolute Gasteiger partial charge is 0.252 e. The molecular formula is C15H17NO4S2. The van der Waals surface area contributed by atoms with Crippen molar-refractivity contribution >= 4 is 21.4 Å². The Morgan fingerprint density at radius 2 is 1.95 bits per heavy atom. The minimum Gasteiger partial charge on any atom is -0.486 e. The van der Waals surface area contributed by atoms with E-state index in [0.29, 0.717) is 42.0 Å². The summed E-state index contributed by atoms with van der Waals surface area (Å²) in [6, 6.07) is 8.93. The maximum atomic E-state index is 12.6. The average molecular weight is 339 g/mol. The third kappa shape index (κ3) is 2.97. The van der Waals surface area contributed by atoms with Crippen LogP contribution in [0.25, 0.3) is 0 Å². The highest BCUT2D eigenvalue weighted by molar-refractivity contribution is 7.91. The van der Waals surface area contributed by atoms with Crippen LogP contribution in [0.3, 0.4) is 0 Å². The molecule has 1 aliphatic rings. The maximum absolute atomic E-state index is 12.6. The molecule has 0 spiro atoms. The lowest BCUT2D eigenvalue weighted by molar-refractivity contribution is 0.171. The topological polar surface area (TPSA) is 55.8 Å². The van der Waals surface area contributed by atoms with Crippen molar-refractivity contribution in [2.45, 2.75) is 17.7 Å². The first-order chi connectivity index (χ1) is 10.6. The maximum Gasteiger partial charge on any atom is 0.252 e. The van der Waals surface area contributed by atoms with Gasteiger partial charge in [0, 0.05) is 13.1 Å². The minimum atomic E-state index is -3.45. The van der Waals surface area contributed by atoms with Crippen LogP contribution in [0.2, 0.25) is 0 Å². The fourth-order valence-electron chi connectivity index (χ4n) is 2.29. The van der Waals surface area contributed by atoms with Crippen molar-refractivity contribution in [1.82, 2.24) is 4.31 Å². The molecule has 0 bridgehead atoms. The molecule has 0 amide bonds. The molecule has 0 saturated heterocycles. The predicted octanol–water partition coefficient (Wildman–Crippen LogP) is 2.73. The first-order valence-corrected chi connectivity index (χ1v) is 9.35. The highest BCUT2D eigenvalue weighted by atomic mass is 32.2. The van der Waals surface area contributed by atoms with Crippen LogP contribution in [0.1, 0.15) is 12.5 Å². The molecule has 0 saturated carbocycles. The number of benzene rings is 1. The molecule has 0 aliphatic carbocycles. The molecule has 0 radical (unpaired) electrons. The Labute approximate surface area is 134 Å². The molecule has 1 aliphatic heterocycles. The van der Waals surface area contributed by atoms with Crippen molar-refractivity contribution in [2.24, 2.45) is 0 Å². The molecule has 7 heteroatoms. The highest BCUT2D eigenvalue weighted by Crippen LogP contribution is 2.32. The van der Waals surface area contributed by atoms with Crippen molar-refractivity contribution in [1.29, 1.82) is 0 Å². The van der Waals surface area contributed by atoms with E-state index in [9.17, 15) is 8.42 Å². The number of hydrogen-bond donors (Lipinski definition) is 0. The van der Waals surface area contributed by atoms with E-state index in [1.165, 1.54) is 15.6 Å². The summed E-state index contributed by atoms with van der Waals surface area (Å²) < 4.78 is 38.1. The summed E-state index contributed by atoms with van der Waals surface area (Å²) in [6.07, 6.45) is 0. The van der Waals surface area contributed by atoms with E-state index in [0.717, 1.165) is 5.56 Å². The van der Waals surface area contributed by atoms with E-state index >= 15 is 0 Å². The van der Waals surface area contributed by atoms with Gasteiger partial charge in [0.05, 0.1) is 0 Å². The van der Waals surface area contributed by atoms with Crippen molar-refractivity contribution in [3.05, 3.63) is 41.3 Å². The van der Waals surface area contributed by atoms with Gasteiger partial charge in [-0.15, -0.1) is 11.3 Å². The molecule has 0 N–H and O–H groups in total. The van der Waals surface area contributed by atoms with Crippen LogP contribution in [0.15, 0.2) is 39.9 Å². The highest BCUT2D eigenvalue weighted by Gasteiger charge is 2.24. The summed E-state index contributed by atoms with van der Waals surface area (Å²) in [5.74, 6) is 1.38. The lowest BCUT2D eigenvalue weighted by Gasteiger charge is -2.22. The van der Waals surface area contributed by atoms with Crippen LogP contribution < -0.4 is 9.47 Å². The van der Waals surface area contributed by atoms with E-state index in [1.807, 2.05) is 25.1 Å². The molecule has 3 rings (SSSR count). The zero-order valence-corrected chi connectivity index (χ0v) is 13.8. The van der Waals surface area contributed by atoms with E-state index in [4.69, 9.17) is 9.47 Å². The second-order valence-corrected chi connectivity index (χ2v) is 7.95. The molecule has 1 aromatic carbocycles. The van der Waals surface area contributed by atoms with Gasteiger partial charge in [-0.2, -0.15) is 4.31 Å². The molecule has 5 nitrogen and oxygen atoms in total. The minimum absolute atomic E-state index is 0.313. The molecule has 22 heavy (non-hydrogen) atoms. The second-order valence-electron chi connectivity index (χ2n) is 4.84. The Hall–Kier alpha value is -1.57. The van der Waals surface area contributed by atoms with Gasteiger partial charge in [0.1, 0.15) is 17.4 Å². The Bertz CT molecular complexity index is 741. The first-order valence-electron chi connectivity index (χ1n) is 7.03. The number of hydrogen-bond acceptors (Lipinski definition) is 5. The monoisotopic (exact) mass is 339 g/mol. The summed E-state index contributed by atoms with van der Waals surface area (Å²) in [7, 11) is -3.45. The number of nitrogens with zero attached hydrogens (tertiary/aromatic N) is 1. The van der Waals surface area contributed by atoms with Gasteiger partial charge in [0.2, 0.25) is 0 Å². The van der Waals surface area contributed by atoms with E-state index < -0.39 is 10.0 Å². The van der Waals surface area contributed by atoms with Crippen LogP contribution in [-0.4, -0.2) is 32.5 Å². The van der Waals surface area contributed by atoms with Gasteiger partial charge in [-0.05, 0) is 29.1 Å². The zero-order valence-electron chi connectivity index (χ0n) is 12.2. The van der Waals surface area contributed by atoms with E-state index in [2.05, 4.69) is 0 Å². The molecule has 1 aromatic heterocycles. The molecule has 0 atom stereocenters. The summed E-state index contributed by atoms with van der Waals surface area (Å²) in [5.41, 5.74) is 0.881.